The van der Waals surface area contributed by atoms with E-state index in [2.05, 4.69) is 223 Å². The first-order chi connectivity index (χ1) is 29.3. The maximum absolute atomic E-state index is 6.61. The second-order valence-electron chi connectivity index (χ2n) is 15.6. The van der Waals surface area contributed by atoms with E-state index in [1.54, 1.807) is 0 Å². The number of benzene rings is 10. The molecule has 1 aliphatic carbocycles. The van der Waals surface area contributed by atoms with Crippen LogP contribution in [0.5, 0.6) is 0 Å². The first-order valence-corrected chi connectivity index (χ1v) is 20.3. The van der Waals surface area contributed by atoms with Gasteiger partial charge in [0, 0.05) is 32.9 Å². The molecule has 1 aliphatic rings. The molecule has 12 rings (SSSR count). The molecule has 11 aromatic rings. The highest BCUT2D eigenvalue weighted by Gasteiger charge is 2.46. The van der Waals surface area contributed by atoms with Crippen molar-refractivity contribution in [3.05, 3.63) is 247 Å². The van der Waals surface area contributed by atoms with Crippen LogP contribution < -0.4 is 4.90 Å². The summed E-state index contributed by atoms with van der Waals surface area (Å²) in [4.78, 5) is 2.44. The van der Waals surface area contributed by atoms with Gasteiger partial charge in [0.1, 0.15) is 11.2 Å². The smallest absolute Gasteiger partial charge is 0.143 e. The third-order valence-electron chi connectivity index (χ3n) is 12.5. The van der Waals surface area contributed by atoms with Crippen LogP contribution in [-0.2, 0) is 5.41 Å². The van der Waals surface area contributed by atoms with Crippen LogP contribution in [0.1, 0.15) is 22.3 Å². The Morgan fingerprint density at radius 2 is 0.932 bits per heavy atom. The molecule has 10 aromatic carbocycles. The molecule has 1 heterocycles. The number of nitrogens with zero attached hydrogens (tertiary/aromatic N) is 1. The topological polar surface area (TPSA) is 16.4 Å². The highest BCUT2D eigenvalue weighted by atomic mass is 16.3. The molecule has 0 aliphatic heterocycles. The number of hydrogen-bond donors (Lipinski definition) is 0. The largest absolute Gasteiger partial charge is 0.455 e. The Kier molecular flexibility index (Phi) is 7.48. The summed E-state index contributed by atoms with van der Waals surface area (Å²) in [5.74, 6) is 0. The van der Waals surface area contributed by atoms with Gasteiger partial charge < -0.3 is 9.32 Å². The lowest BCUT2D eigenvalue weighted by Gasteiger charge is -2.35. The fraction of sp³-hybridized carbons (Fsp3) is 0.0175. The molecule has 0 atom stereocenters. The van der Waals surface area contributed by atoms with Crippen molar-refractivity contribution in [2.45, 2.75) is 5.41 Å². The first kappa shape index (κ1) is 33.5. The Bertz CT molecular complexity index is 3340. The molecule has 1 aromatic heterocycles. The van der Waals surface area contributed by atoms with Gasteiger partial charge in [0.2, 0.25) is 0 Å². The van der Waals surface area contributed by atoms with Gasteiger partial charge in [0.05, 0.1) is 11.1 Å². The predicted molar refractivity (Wildman–Crippen MR) is 246 cm³/mol. The van der Waals surface area contributed by atoms with Crippen molar-refractivity contribution in [2.75, 3.05) is 4.90 Å². The lowest BCUT2D eigenvalue weighted by molar-refractivity contribution is 0.672. The van der Waals surface area contributed by atoms with E-state index in [1.807, 2.05) is 6.07 Å². The van der Waals surface area contributed by atoms with Crippen LogP contribution in [0.25, 0.3) is 65.7 Å². The molecule has 0 saturated carbocycles. The van der Waals surface area contributed by atoms with Crippen LogP contribution >= 0.6 is 0 Å². The summed E-state index contributed by atoms with van der Waals surface area (Å²) in [5, 5.41) is 6.96. The van der Waals surface area contributed by atoms with Crippen LogP contribution in [0.3, 0.4) is 0 Å². The highest BCUT2D eigenvalue weighted by Crippen LogP contribution is 2.57. The first-order valence-electron chi connectivity index (χ1n) is 20.3. The Labute approximate surface area is 342 Å². The van der Waals surface area contributed by atoms with Crippen LogP contribution in [0.4, 0.5) is 17.1 Å². The third-order valence-corrected chi connectivity index (χ3v) is 12.5. The minimum absolute atomic E-state index is 0.520. The molecule has 0 amide bonds. The van der Waals surface area contributed by atoms with Crippen LogP contribution in [0, 0.1) is 0 Å². The Balaban J connectivity index is 1.12. The second kappa shape index (κ2) is 13.2. The van der Waals surface area contributed by atoms with E-state index in [9.17, 15) is 0 Å². The van der Waals surface area contributed by atoms with E-state index < -0.39 is 5.41 Å². The van der Waals surface area contributed by atoms with E-state index in [4.69, 9.17) is 4.42 Å². The zero-order valence-corrected chi connectivity index (χ0v) is 32.2. The number of para-hydroxylation sites is 1. The van der Waals surface area contributed by atoms with Crippen molar-refractivity contribution in [2.24, 2.45) is 0 Å². The summed E-state index contributed by atoms with van der Waals surface area (Å²) in [5.41, 5.74) is 14.5. The van der Waals surface area contributed by atoms with Gasteiger partial charge in [-0.3, -0.25) is 0 Å². The van der Waals surface area contributed by atoms with Gasteiger partial charge in [0.15, 0.2) is 0 Å². The summed E-state index contributed by atoms with van der Waals surface area (Å²) in [6.07, 6.45) is 0. The fourth-order valence-corrected chi connectivity index (χ4v) is 9.98. The Morgan fingerprint density at radius 3 is 1.75 bits per heavy atom. The zero-order chi connectivity index (χ0) is 38.9. The van der Waals surface area contributed by atoms with Crippen LogP contribution in [0.15, 0.2) is 229 Å². The summed E-state index contributed by atoms with van der Waals surface area (Å²) in [6, 6.07) is 81.9. The molecular formula is C57H37NO. The van der Waals surface area contributed by atoms with E-state index in [1.165, 1.54) is 55.3 Å². The number of hydrogen-bond acceptors (Lipinski definition) is 2. The van der Waals surface area contributed by atoms with Crippen molar-refractivity contribution >= 4 is 60.5 Å². The third kappa shape index (κ3) is 5.00. The van der Waals surface area contributed by atoms with Crippen LogP contribution in [0.2, 0.25) is 0 Å². The number of anilines is 3. The van der Waals surface area contributed by atoms with E-state index in [0.29, 0.717) is 0 Å². The van der Waals surface area contributed by atoms with Crippen molar-refractivity contribution in [3.8, 4) is 22.3 Å². The summed E-state index contributed by atoms with van der Waals surface area (Å²) >= 11 is 0. The second-order valence-corrected chi connectivity index (χ2v) is 15.6. The van der Waals surface area contributed by atoms with E-state index in [0.717, 1.165) is 49.8 Å². The molecule has 0 unspecified atom stereocenters. The number of fused-ring (bicyclic) bond motifs is 9. The normalized spacial score (nSPS) is 12.9. The fourth-order valence-electron chi connectivity index (χ4n) is 9.98. The maximum Gasteiger partial charge on any atom is 0.143 e. The van der Waals surface area contributed by atoms with Gasteiger partial charge in [-0.2, -0.15) is 0 Å². The molecule has 59 heavy (non-hydrogen) atoms. The van der Waals surface area contributed by atoms with Crippen molar-refractivity contribution in [1.82, 2.24) is 0 Å². The van der Waals surface area contributed by atoms with Gasteiger partial charge in [-0.1, -0.05) is 182 Å². The maximum atomic E-state index is 6.61. The van der Waals surface area contributed by atoms with Gasteiger partial charge in [0.25, 0.3) is 0 Å². The quantitative estimate of drug-likeness (QED) is 0.168. The standard InChI is InChI=1S/C57H37NO/c1-3-17-40(18-4-1)57(41-19-5-2-6-20-41)52-26-11-9-22-46(52)47-34-33-43(37-53(47)57)58(42-31-29-39(30-32-42)45-24-13-16-38-15-7-8-21-44(38)45)54-27-14-25-50-48(54)35-36-51-49-23-10-12-28-55(49)59-56(50)51/h1-37H. The van der Waals surface area contributed by atoms with Crippen LogP contribution in [-0.4, -0.2) is 0 Å². The van der Waals surface area contributed by atoms with Gasteiger partial charge in [-0.05, 0) is 97.7 Å². The molecule has 2 nitrogen and oxygen atoms in total. The summed E-state index contributed by atoms with van der Waals surface area (Å²) in [7, 11) is 0. The molecule has 0 spiro atoms. The van der Waals surface area contributed by atoms with E-state index >= 15 is 0 Å². The highest BCUT2D eigenvalue weighted by molar-refractivity contribution is 6.17. The lowest BCUT2D eigenvalue weighted by atomic mass is 9.67. The number of rotatable bonds is 6. The van der Waals surface area contributed by atoms with Crippen molar-refractivity contribution in [3.63, 3.8) is 0 Å². The molecule has 0 fully saturated rings. The zero-order valence-electron chi connectivity index (χ0n) is 32.2. The van der Waals surface area contributed by atoms with Gasteiger partial charge in [-0.15, -0.1) is 0 Å². The molecule has 0 saturated heterocycles. The average Bonchev–Trinajstić information content (AvgIpc) is 3.84. The Morgan fingerprint density at radius 1 is 0.356 bits per heavy atom. The molecule has 276 valence electrons. The SMILES string of the molecule is c1ccc(C2(c3ccccc3)c3ccccc3-c3ccc(N(c4ccc(-c5cccc6ccccc56)cc4)c4cccc5c4ccc4c6ccccc6oc54)cc32)cc1. The predicted octanol–water partition coefficient (Wildman–Crippen LogP) is 15.4. The van der Waals surface area contributed by atoms with Gasteiger partial charge in [-0.25, -0.2) is 0 Å². The Hall–Kier alpha value is -7.68. The van der Waals surface area contributed by atoms with Crippen molar-refractivity contribution in [1.29, 1.82) is 0 Å². The van der Waals surface area contributed by atoms with E-state index in [-0.39, 0.29) is 0 Å². The molecule has 0 bridgehead atoms. The minimum atomic E-state index is -0.520. The average molecular weight is 752 g/mol. The van der Waals surface area contributed by atoms with Gasteiger partial charge >= 0.3 is 0 Å². The summed E-state index contributed by atoms with van der Waals surface area (Å²) in [6.45, 7) is 0. The molecule has 2 heteroatoms. The number of furan rings is 1. The molecule has 0 N–H and O–H groups in total. The molecule has 0 radical (unpaired) electrons. The minimum Gasteiger partial charge on any atom is -0.455 e. The molecular weight excluding hydrogens is 715 g/mol. The van der Waals surface area contributed by atoms with Crippen molar-refractivity contribution < 1.29 is 4.42 Å². The summed E-state index contributed by atoms with van der Waals surface area (Å²) < 4.78 is 6.61. The lowest BCUT2D eigenvalue weighted by Crippen LogP contribution is -2.28. The monoisotopic (exact) mass is 751 g/mol.